The van der Waals surface area contributed by atoms with E-state index in [1.807, 2.05) is 0 Å². The lowest BCUT2D eigenvalue weighted by atomic mass is 10.00. The van der Waals surface area contributed by atoms with Gasteiger partial charge in [0.05, 0.1) is 0 Å². The minimum absolute atomic E-state index is 0.610. The fraction of sp³-hybridized carbons (Fsp3) is 0.571. The second-order valence-electron chi connectivity index (χ2n) is 4.98. The highest BCUT2D eigenvalue weighted by Gasteiger charge is 2.22. The van der Waals surface area contributed by atoms with Crippen molar-refractivity contribution in [3.8, 4) is 0 Å². The van der Waals surface area contributed by atoms with Crippen LogP contribution >= 0.6 is 0 Å². The molecule has 0 saturated heterocycles. The van der Waals surface area contributed by atoms with E-state index in [-0.39, 0.29) is 0 Å². The van der Waals surface area contributed by atoms with Crippen molar-refractivity contribution in [2.24, 2.45) is 0 Å². The van der Waals surface area contributed by atoms with Gasteiger partial charge in [0.15, 0.2) is 0 Å². The first-order valence-electron chi connectivity index (χ1n) is 5.97. The lowest BCUT2D eigenvalue weighted by Gasteiger charge is -2.15. The Bertz CT molecular complexity index is 339. The van der Waals surface area contributed by atoms with Crippen molar-refractivity contribution >= 4 is 0 Å². The van der Waals surface area contributed by atoms with E-state index in [9.17, 15) is 0 Å². The summed E-state index contributed by atoms with van der Waals surface area (Å²) < 4.78 is 0. The molecule has 82 valence electrons. The predicted molar refractivity (Wildman–Crippen MR) is 65.2 cm³/mol. The van der Waals surface area contributed by atoms with Crippen molar-refractivity contribution in [1.29, 1.82) is 0 Å². The monoisotopic (exact) mass is 203 g/mol. The summed E-state index contributed by atoms with van der Waals surface area (Å²) in [5.41, 5.74) is 4.28. The molecule has 15 heavy (non-hydrogen) atoms. The molecule has 0 bridgehead atoms. The van der Waals surface area contributed by atoms with E-state index in [4.69, 9.17) is 0 Å². The molecule has 0 aliphatic heterocycles. The van der Waals surface area contributed by atoms with Crippen molar-refractivity contribution in [3.05, 3.63) is 34.9 Å². The summed E-state index contributed by atoms with van der Waals surface area (Å²) in [4.78, 5) is 0. The number of aryl methyl sites for hydroxylation is 2. The lowest BCUT2D eigenvalue weighted by molar-refractivity contribution is 0.541. The normalized spacial score (nSPS) is 17.8. The van der Waals surface area contributed by atoms with Gasteiger partial charge in [0.1, 0.15) is 0 Å². The first kappa shape index (κ1) is 10.7. The van der Waals surface area contributed by atoms with Crippen LogP contribution in [0.5, 0.6) is 0 Å². The summed E-state index contributed by atoms with van der Waals surface area (Å²) in [5.74, 6) is 0. The molecule has 1 aromatic carbocycles. The molecule has 1 heteroatoms. The Kier molecular flexibility index (Phi) is 3.11. The highest BCUT2D eigenvalue weighted by molar-refractivity contribution is 5.30. The van der Waals surface area contributed by atoms with Crippen LogP contribution in [0.2, 0.25) is 0 Å². The van der Waals surface area contributed by atoms with Crippen LogP contribution in [0.1, 0.15) is 36.5 Å². The standard InChI is InChI=1S/C14H21N/c1-10-4-5-13(11(2)8-10)9-12(3)15-14-6-7-14/h4-5,8,12,14-15H,6-7,9H2,1-3H3. The highest BCUT2D eigenvalue weighted by Crippen LogP contribution is 2.20. The molecule has 0 amide bonds. The van der Waals surface area contributed by atoms with Crippen LogP contribution in [0, 0.1) is 13.8 Å². The maximum Gasteiger partial charge on any atom is 0.00818 e. The molecule has 1 unspecified atom stereocenters. The van der Waals surface area contributed by atoms with Gasteiger partial charge in [-0.1, -0.05) is 23.8 Å². The largest absolute Gasteiger partial charge is 0.311 e. The molecule has 1 atom stereocenters. The van der Waals surface area contributed by atoms with E-state index >= 15 is 0 Å². The van der Waals surface area contributed by atoms with Crippen molar-refractivity contribution in [1.82, 2.24) is 5.32 Å². The minimum Gasteiger partial charge on any atom is -0.311 e. The molecule has 1 aliphatic rings. The van der Waals surface area contributed by atoms with Gasteiger partial charge in [-0.15, -0.1) is 0 Å². The van der Waals surface area contributed by atoms with Gasteiger partial charge in [-0.25, -0.2) is 0 Å². The van der Waals surface area contributed by atoms with Crippen LogP contribution in [0.4, 0.5) is 0 Å². The number of benzene rings is 1. The summed E-state index contributed by atoms with van der Waals surface area (Å²) in [6.45, 7) is 6.66. The van der Waals surface area contributed by atoms with Crippen LogP contribution in [-0.4, -0.2) is 12.1 Å². The SMILES string of the molecule is Cc1ccc(CC(C)NC2CC2)c(C)c1. The molecule has 1 aliphatic carbocycles. The number of hydrogen-bond donors (Lipinski definition) is 1. The van der Waals surface area contributed by atoms with Crippen LogP contribution in [0.25, 0.3) is 0 Å². The number of nitrogens with one attached hydrogen (secondary N) is 1. The van der Waals surface area contributed by atoms with Gasteiger partial charge in [-0.2, -0.15) is 0 Å². The van der Waals surface area contributed by atoms with Gasteiger partial charge in [-0.05, 0) is 51.2 Å². The number of rotatable bonds is 4. The van der Waals surface area contributed by atoms with Gasteiger partial charge in [0.2, 0.25) is 0 Å². The molecule has 2 rings (SSSR count). The third-order valence-corrected chi connectivity index (χ3v) is 3.12. The molecule has 1 N–H and O–H groups in total. The highest BCUT2D eigenvalue weighted by atomic mass is 15.0. The molecule has 1 fully saturated rings. The van der Waals surface area contributed by atoms with E-state index in [0.29, 0.717) is 6.04 Å². The van der Waals surface area contributed by atoms with Gasteiger partial charge >= 0.3 is 0 Å². The Morgan fingerprint density at radius 2 is 2.07 bits per heavy atom. The van der Waals surface area contributed by atoms with Crippen molar-refractivity contribution in [2.75, 3.05) is 0 Å². The van der Waals surface area contributed by atoms with E-state index in [1.165, 1.54) is 29.5 Å². The fourth-order valence-corrected chi connectivity index (χ4v) is 2.12. The Morgan fingerprint density at radius 3 is 2.67 bits per heavy atom. The van der Waals surface area contributed by atoms with E-state index in [2.05, 4.69) is 44.3 Å². The summed E-state index contributed by atoms with van der Waals surface area (Å²) in [6, 6.07) is 8.19. The fourth-order valence-electron chi connectivity index (χ4n) is 2.12. The van der Waals surface area contributed by atoms with Gasteiger partial charge in [-0.3, -0.25) is 0 Å². The summed E-state index contributed by atoms with van der Waals surface area (Å²) in [5, 5.41) is 3.64. The average molecular weight is 203 g/mol. The predicted octanol–water partition coefficient (Wildman–Crippen LogP) is 2.99. The zero-order valence-corrected chi connectivity index (χ0v) is 10.0. The Hall–Kier alpha value is -0.820. The summed E-state index contributed by atoms with van der Waals surface area (Å²) in [6.07, 6.45) is 3.90. The molecule has 1 aromatic rings. The van der Waals surface area contributed by atoms with Gasteiger partial charge in [0.25, 0.3) is 0 Å². The molecule has 1 nitrogen and oxygen atoms in total. The van der Waals surface area contributed by atoms with Crippen molar-refractivity contribution < 1.29 is 0 Å². The third-order valence-electron chi connectivity index (χ3n) is 3.12. The van der Waals surface area contributed by atoms with Crippen LogP contribution in [-0.2, 0) is 6.42 Å². The molecule has 0 aromatic heterocycles. The minimum atomic E-state index is 0.610. The molecule has 0 heterocycles. The second kappa shape index (κ2) is 4.36. The maximum atomic E-state index is 3.64. The zero-order chi connectivity index (χ0) is 10.8. The Labute approximate surface area is 92.9 Å². The van der Waals surface area contributed by atoms with Crippen molar-refractivity contribution in [2.45, 2.75) is 52.1 Å². The van der Waals surface area contributed by atoms with Gasteiger partial charge in [0, 0.05) is 12.1 Å². The second-order valence-corrected chi connectivity index (χ2v) is 4.98. The van der Waals surface area contributed by atoms with Crippen molar-refractivity contribution in [3.63, 3.8) is 0 Å². The lowest BCUT2D eigenvalue weighted by Crippen LogP contribution is -2.30. The molecular weight excluding hydrogens is 182 g/mol. The Balaban J connectivity index is 1.96. The van der Waals surface area contributed by atoms with Crippen LogP contribution in [0.3, 0.4) is 0 Å². The zero-order valence-electron chi connectivity index (χ0n) is 10.0. The molecule has 0 radical (unpaired) electrons. The van der Waals surface area contributed by atoms with Gasteiger partial charge < -0.3 is 5.32 Å². The quantitative estimate of drug-likeness (QED) is 0.793. The molecular formula is C14H21N. The van der Waals surface area contributed by atoms with E-state index in [1.54, 1.807) is 0 Å². The van der Waals surface area contributed by atoms with Crippen LogP contribution < -0.4 is 5.32 Å². The molecule has 1 saturated carbocycles. The average Bonchev–Trinajstić information content (AvgIpc) is 2.94. The van der Waals surface area contributed by atoms with Crippen LogP contribution in [0.15, 0.2) is 18.2 Å². The first-order chi connectivity index (χ1) is 7.15. The maximum absolute atomic E-state index is 3.64. The topological polar surface area (TPSA) is 12.0 Å². The summed E-state index contributed by atoms with van der Waals surface area (Å²) in [7, 11) is 0. The first-order valence-corrected chi connectivity index (χ1v) is 5.97. The number of hydrogen-bond acceptors (Lipinski definition) is 1. The molecule has 0 spiro atoms. The summed E-state index contributed by atoms with van der Waals surface area (Å²) >= 11 is 0. The van der Waals surface area contributed by atoms with E-state index in [0.717, 1.165) is 12.5 Å². The Morgan fingerprint density at radius 1 is 1.33 bits per heavy atom. The van der Waals surface area contributed by atoms with E-state index < -0.39 is 0 Å². The smallest absolute Gasteiger partial charge is 0.00818 e. The third kappa shape index (κ3) is 3.07.